The van der Waals surface area contributed by atoms with Crippen molar-refractivity contribution >= 4 is 34.9 Å². The maximum atomic E-state index is 14.4. The zero-order chi connectivity index (χ0) is 24.4. The molecule has 33 heavy (non-hydrogen) atoms. The summed E-state index contributed by atoms with van der Waals surface area (Å²) in [6.07, 6.45) is -6.37. The molecule has 0 unspecified atom stereocenters. The summed E-state index contributed by atoms with van der Waals surface area (Å²) in [5, 5.41) is 2.93. The Morgan fingerprint density at radius 3 is 2.45 bits per heavy atom. The molecule has 1 aliphatic rings. The smallest absolute Gasteiger partial charge is 0.373 e. The number of aryl methyl sites for hydroxylation is 1. The number of rotatable bonds is 7. The van der Waals surface area contributed by atoms with Crippen molar-refractivity contribution in [1.29, 1.82) is 0 Å². The quantitative estimate of drug-likeness (QED) is 0.185. The van der Waals surface area contributed by atoms with Crippen LogP contribution < -0.4 is 5.32 Å². The van der Waals surface area contributed by atoms with Gasteiger partial charge in [0.25, 0.3) is 0 Å². The van der Waals surface area contributed by atoms with E-state index in [1.165, 1.54) is 13.0 Å². The lowest BCUT2D eigenvalue weighted by Gasteiger charge is -2.13. The third-order valence-corrected chi connectivity index (χ3v) is 6.30. The third kappa shape index (κ3) is 7.49. The maximum absolute atomic E-state index is 14.4. The molecular formula is C21H19ClF7N3S. The summed E-state index contributed by atoms with van der Waals surface area (Å²) >= 11 is 6.48. The number of hydrogen-bond acceptors (Lipinski definition) is 3. The Hall–Kier alpha value is -2.01. The zero-order valence-electron chi connectivity index (χ0n) is 17.2. The first-order chi connectivity index (χ1) is 15.3. The molecule has 1 N–H and O–H groups in total. The highest BCUT2D eigenvalue weighted by atomic mass is 35.5. The molecule has 1 aromatic carbocycles. The van der Waals surface area contributed by atoms with Crippen molar-refractivity contribution in [3.05, 3.63) is 52.1 Å². The van der Waals surface area contributed by atoms with E-state index in [9.17, 15) is 30.7 Å². The first-order valence-corrected chi connectivity index (χ1v) is 11.2. The van der Waals surface area contributed by atoms with Crippen molar-refractivity contribution in [3.8, 4) is 0 Å². The number of aromatic nitrogens is 1. The van der Waals surface area contributed by atoms with Gasteiger partial charge >= 0.3 is 12.4 Å². The molecule has 0 radical (unpaired) electrons. The van der Waals surface area contributed by atoms with Crippen molar-refractivity contribution in [2.75, 3.05) is 12.3 Å². The van der Waals surface area contributed by atoms with Crippen molar-refractivity contribution < 1.29 is 30.7 Å². The molecule has 1 aliphatic carbocycles. The van der Waals surface area contributed by atoms with Gasteiger partial charge in [0, 0.05) is 30.0 Å². The molecule has 1 heterocycles. The van der Waals surface area contributed by atoms with Crippen molar-refractivity contribution in [1.82, 2.24) is 10.3 Å². The molecule has 1 saturated carbocycles. The summed E-state index contributed by atoms with van der Waals surface area (Å²) in [7, 11) is 0. The Morgan fingerprint density at radius 1 is 1.18 bits per heavy atom. The number of nitrogens with zero attached hydrogens (tertiary/aromatic N) is 2. The summed E-state index contributed by atoms with van der Waals surface area (Å²) in [5.74, 6) is -1.24. The maximum Gasteiger partial charge on any atom is 0.417 e. The average Bonchev–Trinajstić information content (AvgIpc) is 3.53. The van der Waals surface area contributed by atoms with E-state index in [0.29, 0.717) is 29.4 Å². The number of amidine groups is 1. The van der Waals surface area contributed by atoms with Crippen LogP contribution in [0.15, 0.2) is 34.3 Å². The first kappa shape index (κ1) is 25.6. The number of benzene rings is 1. The number of hydrogen-bond donors (Lipinski definition) is 1. The molecule has 12 heteroatoms. The van der Waals surface area contributed by atoms with Gasteiger partial charge in [-0.05, 0) is 43.5 Å². The van der Waals surface area contributed by atoms with E-state index in [-0.39, 0.29) is 40.2 Å². The van der Waals surface area contributed by atoms with Gasteiger partial charge in [0.15, 0.2) is 0 Å². The molecule has 1 fully saturated rings. The minimum atomic E-state index is -4.55. The van der Waals surface area contributed by atoms with Crippen molar-refractivity contribution in [2.24, 2.45) is 10.9 Å². The van der Waals surface area contributed by atoms with E-state index in [2.05, 4.69) is 15.3 Å². The molecule has 2 aromatic rings. The predicted molar refractivity (Wildman–Crippen MR) is 114 cm³/mol. The Bertz CT molecular complexity index is 1030. The molecule has 0 amide bonds. The third-order valence-electron chi connectivity index (χ3n) is 4.75. The molecular weight excluding hydrogens is 495 g/mol. The lowest BCUT2D eigenvalue weighted by atomic mass is 10.2. The van der Waals surface area contributed by atoms with Crippen LogP contribution in [0.1, 0.15) is 29.7 Å². The van der Waals surface area contributed by atoms with Crippen LogP contribution in [-0.2, 0) is 12.6 Å². The van der Waals surface area contributed by atoms with Gasteiger partial charge in [-0.25, -0.2) is 9.38 Å². The van der Waals surface area contributed by atoms with Gasteiger partial charge in [-0.2, -0.15) is 26.3 Å². The van der Waals surface area contributed by atoms with Gasteiger partial charge in [-0.1, -0.05) is 11.6 Å². The van der Waals surface area contributed by atoms with Crippen LogP contribution in [0, 0.1) is 18.7 Å². The summed E-state index contributed by atoms with van der Waals surface area (Å²) in [4.78, 5) is 8.36. The number of nitrogens with one attached hydrogen (secondary N) is 1. The lowest BCUT2D eigenvalue weighted by Crippen LogP contribution is -2.27. The van der Waals surface area contributed by atoms with E-state index in [1.54, 1.807) is 0 Å². The zero-order valence-corrected chi connectivity index (χ0v) is 18.8. The van der Waals surface area contributed by atoms with Crippen LogP contribution >= 0.6 is 23.4 Å². The number of halogens is 8. The van der Waals surface area contributed by atoms with Crippen LogP contribution in [-0.4, -0.2) is 29.3 Å². The summed E-state index contributed by atoms with van der Waals surface area (Å²) in [6, 6.07) is 3.25. The van der Waals surface area contributed by atoms with E-state index >= 15 is 0 Å². The fraction of sp³-hybridized carbons (Fsp3) is 0.429. The average molecular weight is 514 g/mol. The summed E-state index contributed by atoms with van der Waals surface area (Å²) in [6.45, 7) is 1.76. The van der Waals surface area contributed by atoms with E-state index in [1.807, 2.05) is 0 Å². The number of thioether (sulfide) groups is 1. The fourth-order valence-electron chi connectivity index (χ4n) is 2.92. The molecule has 0 spiro atoms. The highest BCUT2D eigenvalue weighted by Gasteiger charge is 2.32. The second-order valence-corrected chi connectivity index (χ2v) is 9.00. The van der Waals surface area contributed by atoms with Crippen LogP contribution in [0.2, 0.25) is 5.02 Å². The first-order valence-electron chi connectivity index (χ1n) is 9.87. The Labute approximate surface area is 194 Å². The van der Waals surface area contributed by atoms with Crippen LogP contribution in [0.5, 0.6) is 0 Å². The summed E-state index contributed by atoms with van der Waals surface area (Å²) < 4.78 is 90.3. The normalized spacial score (nSPS) is 15.1. The molecule has 3 rings (SSSR count). The van der Waals surface area contributed by atoms with E-state index < -0.39 is 29.5 Å². The molecule has 0 saturated heterocycles. The topological polar surface area (TPSA) is 37.3 Å². The minimum absolute atomic E-state index is 0.0491. The largest absolute Gasteiger partial charge is 0.417 e. The van der Waals surface area contributed by atoms with Gasteiger partial charge in [0.05, 0.1) is 22.0 Å². The standard InChI is InChI=1S/C21H19ClF7N3S/c1-11-6-15(23)17(8-18(11)33-10-20(24,25)26)32-19(12-2-3-12)30-5-4-16-14(22)7-13(9-31-16)21(27,28)29/h6-9,12H,2-5,10H2,1H3,(H,30,32). The molecule has 180 valence electrons. The Morgan fingerprint density at radius 2 is 1.88 bits per heavy atom. The monoisotopic (exact) mass is 513 g/mol. The summed E-state index contributed by atoms with van der Waals surface area (Å²) in [5.41, 5.74) is -0.381. The van der Waals surface area contributed by atoms with Crippen molar-refractivity contribution in [3.63, 3.8) is 0 Å². The van der Waals surface area contributed by atoms with E-state index in [4.69, 9.17) is 11.6 Å². The van der Waals surface area contributed by atoms with Crippen LogP contribution in [0.3, 0.4) is 0 Å². The van der Waals surface area contributed by atoms with Gasteiger partial charge in [-0.15, -0.1) is 11.8 Å². The molecule has 1 aromatic heterocycles. The molecule has 3 nitrogen and oxygen atoms in total. The molecule has 0 atom stereocenters. The lowest BCUT2D eigenvalue weighted by molar-refractivity contribution is -0.137. The second-order valence-electron chi connectivity index (χ2n) is 7.57. The van der Waals surface area contributed by atoms with Gasteiger partial charge in [-0.3, -0.25) is 4.98 Å². The van der Waals surface area contributed by atoms with Crippen LogP contribution in [0.25, 0.3) is 0 Å². The Balaban J connectivity index is 1.72. The second kappa shape index (κ2) is 10.1. The number of alkyl halides is 6. The minimum Gasteiger partial charge on any atom is -0.373 e. The number of aliphatic imine (C=N–C) groups is 1. The van der Waals surface area contributed by atoms with Gasteiger partial charge < -0.3 is 5.32 Å². The van der Waals surface area contributed by atoms with Gasteiger partial charge in [0.2, 0.25) is 0 Å². The highest BCUT2D eigenvalue weighted by Crippen LogP contribution is 2.36. The highest BCUT2D eigenvalue weighted by molar-refractivity contribution is 7.99. The number of pyridine rings is 1. The van der Waals surface area contributed by atoms with Crippen LogP contribution in [0.4, 0.5) is 36.4 Å². The fourth-order valence-corrected chi connectivity index (χ4v) is 3.98. The molecule has 0 aliphatic heterocycles. The van der Waals surface area contributed by atoms with Crippen molar-refractivity contribution in [2.45, 2.75) is 43.4 Å². The SMILES string of the molecule is Cc1cc(F)c(/N=C(\NCCc2ncc(C(F)(F)F)cc2Cl)C2CC2)cc1SCC(F)(F)F. The van der Waals surface area contributed by atoms with E-state index in [0.717, 1.165) is 25.0 Å². The molecule has 0 bridgehead atoms. The van der Waals surface area contributed by atoms with Gasteiger partial charge in [0.1, 0.15) is 17.3 Å². The Kier molecular flexibility index (Phi) is 7.83. The predicted octanol–water partition coefficient (Wildman–Crippen LogP) is 7.13.